The van der Waals surface area contributed by atoms with E-state index < -0.39 is 0 Å². The van der Waals surface area contributed by atoms with Gasteiger partial charge in [0.25, 0.3) is 0 Å². The highest BCUT2D eigenvalue weighted by molar-refractivity contribution is 4.89. The largest absolute Gasteiger partial charge is 0.327 e. The number of hydrogen-bond acceptors (Lipinski definition) is 3. The standard InChI is InChI=1S/C10H20N4/c1-7(2)8(3)9(11)5-10-12-6-13-14(10)4/h6-9H,5,11H2,1-4H3. The molecule has 0 aliphatic rings. The van der Waals surface area contributed by atoms with Crippen molar-refractivity contribution in [2.45, 2.75) is 33.2 Å². The lowest BCUT2D eigenvalue weighted by atomic mass is 9.89. The van der Waals surface area contributed by atoms with Gasteiger partial charge in [0.2, 0.25) is 0 Å². The molecule has 4 heteroatoms. The van der Waals surface area contributed by atoms with Crippen LogP contribution in [0.4, 0.5) is 0 Å². The number of aryl methyl sites for hydroxylation is 1. The second kappa shape index (κ2) is 4.55. The smallest absolute Gasteiger partial charge is 0.138 e. The highest BCUT2D eigenvalue weighted by atomic mass is 15.3. The summed E-state index contributed by atoms with van der Waals surface area (Å²) in [4.78, 5) is 4.17. The third-order valence-electron chi connectivity index (χ3n) is 2.95. The second-order valence-corrected chi connectivity index (χ2v) is 4.27. The van der Waals surface area contributed by atoms with E-state index in [1.54, 1.807) is 11.0 Å². The van der Waals surface area contributed by atoms with E-state index in [0.29, 0.717) is 11.8 Å². The van der Waals surface area contributed by atoms with Crippen LogP contribution in [-0.4, -0.2) is 20.8 Å². The van der Waals surface area contributed by atoms with E-state index in [9.17, 15) is 0 Å². The van der Waals surface area contributed by atoms with Crippen LogP contribution in [0.3, 0.4) is 0 Å². The van der Waals surface area contributed by atoms with Gasteiger partial charge in [0.1, 0.15) is 12.2 Å². The fraction of sp³-hybridized carbons (Fsp3) is 0.800. The van der Waals surface area contributed by atoms with E-state index in [2.05, 4.69) is 30.9 Å². The van der Waals surface area contributed by atoms with Gasteiger partial charge in [0.15, 0.2) is 0 Å². The molecular weight excluding hydrogens is 176 g/mol. The number of nitrogens with two attached hydrogens (primary N) is 1. The molecule has 80 valence electrons. The fourth-order valence-electron chi connectivity index (χ4n) is 1.40. The van der Waals surface area contributed by atoms with Crippen LogP contribution in [0, 0.1) is 11.8 Å². The van der Waals surface area contributed by atoms with Crippen molar-refractivity contribution < 1.29 is 0 Å². The first-order valence-electron chi connectivity index (χ1n) is 5.10. The topological polar surface area (TPSA) is 56.7 Å². The molecule has 0 amide bonds. The lowest BCUT2D eigenvalue weighted by Gasteiger charge is -2.22. The Kier molecular flexibility index (Phi) is 3.63. The highest BCUT2D eigenvalue weighted by Crippen LogP contribution is 2.15. The number of rotatable bonds is 4. The zero-order valence-corrected chi connectivity index (χ0v) is 9.44. The molecule has 0 aliphatic carbocycles. The van der Waals surface area contributed by atoms with Gasteiger partial charge in [0.05, 0.1) is 0 Å². The molecule has 2 unspecified atom stereocenters. The molecule has 0 saturated heterocycles. The summed E-state index contributed by atoms with van der Waals surface area (Å²) in [6.07, 6.45) is 2.37. The first-order valence-corrected chi connectivity index (χ1v) is 5.10. The van der Waals surface area contributed by atoms with Gasteiger partial charge < -0.3 is 5.73 Å². The minimum atomic E-state index is 0.165. The van der Waals surface area contributed by atoms with Crippen molar-refractivity contribution in [3.05, 3.63) is 12.2 Å². The van der Waals surface area contributed by atoms with Gasteiger partial charge in [-0.1, -0.05) is 20.8 Å². The molecule has 0 aliphatic heterocycles. The van der Waals surface area contributed by atoms with Crippen LogP contribution < -0.4 is 5.73 Å². The molecule has 0 aromatic carbocycles. The van der Waals surface area contributed by atoms with Gasteiger partial charge in [0, 0.05) is 19.5 Å². The summed E-state index contributed by atoms with van der Waals surface area (Å²) < 4.78 is 1.78. The molecule has 1 aromatic rings. The van der Waals surface area contributed by atoms with Gasteiger partial charge in [-0.2, -0.15) is 5.10 Å². The Morgan fingerprint density at radius 1 is 1.43 bits per heavy atom. The summed E-state index contributed by atoms with van der Waals surface area (Å²) in [5.41, 5.74) is 6.10. The molecule has 0 bridgehead atoms. The Labute approximate surface area is 85.5 Å². The molecule has 1 heterocycles. The van der Waals surface area contributed by atoms with Crippen LogP contribution in [0.25, 0.3) is 0 Å². The quantitative estimate of drug-likeness (QED) is 0.781. The van der Waals surface area contributed by atoms with E-state index in [4.69, 9.17) is 5.73 Å². The minimum Gasteiger partial charge on any atom is -0.327 e. The molecular formula is C10H20N4. The van der Waals surface area contributed by atoms with Crippen LogP contribution in [0.15, 0.2) is 6.33 Å². The number of hydrogen-bond donors (Lipinski definition) is 1. The van der Waals surface area contributed by atoms with Gasteiger partial charge >= 0.3 is 0 Å². The van der Waals surface area contributed by atoms with Crippen LogP contribution in [0.5, 0.6) is 0 Å². The maximum Gasteiger partial charge on any atom is 0.138 e. The van der Waals surface area contributed by atoms with Crippen molar-refractivity contribution in [3.63, 3.8) is 0 Å². The maximum atomic E-state index is 6.10. The average molecular weight is 196 g/mol. The Balaban J connectivity index is 2.57. The monoisotopic (exact) mass is 196 g/mol. The molecule has 0 saturated carbocycles. The van der Waals surface area contributed by atoms with Gasteiger partial charge in [-0.25, -0.2) is 4.98 Å². The summed E-state index contributed by atoms with van der Waals surface area (Å²) in [7, 11) is 1.90. The third kappa shape index (κ3) is 2.54. The predicted molar refractivity (Wildman–Crippen MR) is 56.7 cm³/mol. The number of nitrogens with zero attached hydrogens (tertiary/aromatic N) is 3. The van der Waals surface area contributed by atoms with Gasteiger partial charge in [-0.3, -0.25) is 4.68 Å². The SMILES string of the molecule is CC(C)C(C)C(N)Cc1ncnn1C. The molecule has 0 spiro atoms. The molecule has 1 aromatic heterocycles. The Morgan fingerprint density at radius 3 is 2.50 bits per heavy atom. The fourth-order valence-corrected chi connectivity index (χ4v) is 1.40. The summed E-state index contributed by atoms with van der Waals surface area (Å²) in [6.45, 7) is 6.58. The lowest BCUT2D eigenvalue weighted by molar-refractivity contribution is 0.339. The van der Waals surface area contributed by atoms with Crippen molar-refractivity contribution in [3.8, 4) is 0 Å². The third-order valence-corrected chi connectivity index (χ3v) is 2.95. The zero-order valence-electron chi connectivity index (χ0n) is 9.44. The predicted octanol–water partition coefficient (Wildman–Crippen LogP) is 0.977. The van der Waals surface area contributed by atoms with E-state index in [0.717, 1.165) is 12.2 Å². The van der Waals surface area contributed by atoms with E-state index in [-0.39, 0.29) is 6.04 Å². The Bertz CT molecular complexity index is 279. The summed E-state index contributed by atoms with van der Waals surface area (Å²) >= 11 is 0. The van der Waals surface area contributed by atoms with Crippen LogP contribution in [-0.2, 0) is 13.5 Å². The lowest BCUT2D eigenvalue weighted by Crippen LogP contribution is -2.34. The molecule has 2 N–H and O–H groups in total. The van der Waals surface area contributed by atoms with Gasteiger partial charge in [-0.15, -0.1) is 0 Å². The maximum absolute atomic E-state index is 6.10. The van der Waals surface area contributed by atoms with Crippen LogP contribution >= 0.6 is 0 Å². The van der Waals surface area contributed by atoms with E-state index in [1.807, 2.05) is 7.05 Å². The van der Waals surface area contributed by atoms with Crippen molar-refractivity contribution >= 4 is 0 Å². The van der Waals surface area contributed by atoms with Crippen molar-refractivity contribution in [1.29, 1.82) is 0 Å². The zero-order chi connectivity index (χ0) is 10.7. The Morgan fingerprint density at radius 2 is 2.07 bits per heavy atom. The molecule has 0 fully saturated rings. The Hall–Kier alpha value is -0.900. The highest BCUT2D eigenvalue weighted by Gasteiger charge is 2.18. The first-order chi connectivity index (χ1) is 6.52. The van der Waals surface area contributed by atoms with E-state index >= 15 is 0 Å². The summed E-state index contributed by atoms with van der Waals surface area (Å²) in [5, 5.41) is 4.02. The second-order valence-electron chi connectivity index (χ2n) is 4.27. The minimum absolute atomic E-state index is 0.165. The molecule has 1 rings (SSSR count). The van der Waals surface area contributed by atoms with Crippen LogP contribution in [0.1, 0.15) is 26.6 Å². The van der Waals surface area contributed by atoms with Crippen LogP contribution in [0.2, 0.25) is 0 Å². The number of aromatic nitrogens is 3. The summed E-state index contributed by atoms with van der Waals surface area (Å²) in [6, 6.07) is 0.165. The van der Waals surface area contributed by atoms with Crippen molar-refractivity contribution in [1.82, 2.24) is 14.8 Å². The normalized spacial score (nSPS) is 15.9. The molecule has 14 heavy (non-hydrogen) atoms. The summed E-state index contributed by atoms with van der Waals surface area (Å²) in [5.74, 6) is 2.08. The van der Waals surface area contributed by atoms with Crippen molar-refractivity contribution in [2.75, 3.05) is 0 Å². The van der Waals surface area contributed by atoms with Gasteiger partial charge in [-0.05, 0) is 11.8 Å². The first kappa shape index (κ1) is 11.2. The molecule has 0 radical (unpaired) electrons. The molecule has 2 atom stereocenters. The van der Waals surface area contributed by atoms with E-state index in [1.165, 1.54) is 0 Å². The van der Waals surface area contributed by atoms with Crippen molar-refractivity contribution in [2.24, 2.45) is 24.6 Å². The molecule has 4 nitrogen and oxygen atoms in total. The average Bonchev–Trinajstić information content (AvgIpc) is 2.50.